The van der Waals surface area contributed by atoms with Gasteiger partial charge in [0.25, 0.3) is 11.6 Å². The number of alkyl halides is 6. The summed E-state index contributed by atoms with van der Waals surface area (Å²) in [6.07, 6.45) is -9.53. The van der Waals surface area contributed by atoms with Gasteiger partial charge in [-0.3, -0.25) is 24.5 Å². The van der Waals surface area contributed by atoms with E-state index < -0.39 is 109 Å². The zero-order valence-corrected chi connectivity index (χ0v) is 44.6. The number of fused-ring (bicyclic) bond motifs is 1. The highest BCUT2D eigenvalue weighted by Gasteiger charge is 2.62. The highest BCUT2D eigenvalue weighted by atomic mass is 32.2. The van der Waals surface area contributed by atoms with Gasteiger partial charge in [0.05, 0.1) is 24.2 Å². The van der Waals surface area contributed by atoms with Crippen LogP contribution in [-0.2, 0) is 38.3 Å². The second-order valence-electron chi connectivity index (χ2n) is 20.9. The SMILES string of the molecule is CC(C)(OC(=O)Oc1ccc([N+](=O)[O-])cc1)C(F)(F)F.CCCC1(OS(=O)(=O)NC(=O)[C@@]2(NC(=O)[C@@H]3C[C@@H](Oc4nccc5cc(OC)ccc45)CN3C(=O)[C@@H](NC(=O)OC(C)(C)C(F)(F)F)C(C)(C)C)C[C@H]2CC)CC1. The molecule has 2 saturated carbocycles. The van der Waals surface area contributed by atoms with E-state index in [2.05, 4.69) is 25.1 Å². The van der Waals surface area contributed by atoms with Crippen molar-refractivity contribution < 1.29 is 91.5 Å². The maximum Gasteiger partial charge on any atom is 0.514 e. The summed E-state index contributed by atoms with van der Waals surface area (Å²) in [6, 6.07) is 8.32. The number of amides is 4. The largest absolute Gasteiger partial charge is 0.514 e. The molecule has 0 unspecified atom stereocenters. The molecule has 3 aromatic rings. The molecule has 1 saturated heterocycles. The van der Waals surface area contributed by atoms with Gasteiger partial charge >= 0.3 is 34.9 Å². The predicted octanol–water partition coefficient (Wildman–Crippen LogP) is 8.52. The normalized spacial score (nSPS) is 20.6. The number of nitro benzene ring substituents is 1. The van der Waals surface area contributed by atoms with E-state index in [9.17, 15) is 68.8 Å². The number of carbonyl (C=O) groups excluding carboxylic acids is 5. The van der Waals surface area contributed by atoms with Gasteiger partial charge in [0.1, 0.15) is 35.2 Å². The van der Waals surface area contributed by atoms with Gasteiger partial charge in [0.2, 0.25) is 28.9 Å². The first kappa shape index (κ1) is 61.1. The quantitative estimate of drug-likeness (QED) is 0.0354. The van der Waals surface area contributed by atoms with Gasteiger partial charge in [-0.05, 0) is 106 Å². The number of aromatic nitrogens is 1. The Morgan fingerprint density at radius 3 is 2.00 bits per heavy atom. The molecule has 1 aromatic heterocycles. The highest BCUT2D eigenvalue weighted by molar-refractivity contribution is 7.85. The Hall–Kier alpha value is -6.71. The lowest BCUT2D eigenvalue weighted by Crippen LogP contribution is -2.60. The number of hydrogen-bond acceptors (Lipinski definition) is 16. The van der Waals surface area contributed by atoms with Crippen LogP contribution in [0.3, 0.4) is 0 Å². The fraction of sp³-hybridized carbons (Fsp3) is 0.592. The van der Waals surface area contributed by atoms with Gasteiger partial charge in [-0.1, -0.05) is 47.5 Å². The number of ether oxygens (including phenoxy) is 5. The lowest BCUT2D eigenvalue weighted by atomic mass is 9.85. The molecule has 0 spiro atoms. The van der Waals surface area contributed by atoms with Crippen LogP contribution in [0.15, 0.2) is 54.7 Å². The zero-order valence-electron chi connectivity index (χ0n) is 43.8. The Balaban J connectivity index is 0.000000459. The molecule has 28 heteroatoms. The molecule has 6 rings (SSSR count). The van der Waals surface area contributed by atoms with Crippen molar-refractivity contribution in [2.45, 2.75) is 160 Å². The van der Waals surface area contributed by atoms with E-state index in [1.165, 1.54) is 13.3 Å². The third-order valence-corrected chi connectivity index (χ3v) is 14.1. The minimum atomic E-state index is -4.92. The summed E-state index contributed by atoms with van der Waals surface area (Å²) in [7, 11) is -3.03. The van der Waals surface area contributed by atoms with Crippen LogP contribution in [0.2, 0.25) is 0 Å². The molecule has 3 fully saturated rings. The predicted molar refractivity (Wildman–Crippen MR) is 260 cm³/mol. The van der Waals surface area contributed by atoms with Gasteiger partial charge in [-0.15, -0.1) is 0 Å². The van der Waals surface area contributed by atoms with E-state index in [-0.39, 0.29) is 36.7 Å². The smallest absolute Gasteiger partial charge is 0.497 e. The highest BCUT2D eigenvalue weighted by Crippen LogP contribution is 2.48. The first-order valence-corrected chi connectivity index (χ1v) is 25.6. The molecule has 21 nitrogen and oxygen atoms in total. The molecule has 3 N–H and O–H groups in total. The number of nitro groups is 1. The molecular weight excluding hydrogens is 1060 g/mol. The van der Waals surface area contributed by atoms with Gasteiger partial charge < -0.3 is 39.2 Å². The van der Waals surface area contributed by atoms with Crippen molar-refractivity contribution in [3.8, 4) is 17.4 Å². The second-order valence-corrected chi connectivity index (χ2v) is 22.2. The van der Waals surface area contributed by atoms with E-state index in [0.29, 0.717) is 70.9 Å². The van der Waals surface area contributed by atoms with Crippen molar-refractivity contribution in [2.24, 2.45) is 11.3 Å². The van der Waals surface area contributed by atoms with E-state index in [0.717, 1.165) is 34.6 Å². The molecule has 2 heterocycles. The lowest BCUT2D eigenvalue weighted by Gasteiger charge is -2.36. The number of likely N-dealkylation sites (tertiary alicyclic amines) is 1. The average Bonchev–Trinajstić information content (AvgIpc) is 4.19. The van der Waals surface area contributed by atoms with Crippen molar-refractivity contribution in [3.63, 3.8) is 0 Å². The van der Waals surface area contributed by atoms with Gasteiger partial charge in [0.15, 0.2) is 0 Å². The monoisotopic (exact) mass is 1120 g/mol. The molecule has 2 aromatic carbocycles. The molecule has 0 radical (unpaired) electrons. The molecular formula is C49H62F6N6O15S. The summed E-state index contributed by atoms with van der Waals surface area (Å²) < 4.78 is 137. The summed E-state index contributed by atoms with van der Waals surface area (Å²) in [5, 5.41) is 16.7. The number of nitrogens with zero attached hydrogens (tertiary/aromatic N) is 3. The molecule has 1 aliphatic heterocycles. The summed E-state index contributed by atoms with van der Waals surface area (Å²) in [5.74, 6) is -2.49. The molecule has 2 aliphatic carbocycles. The molecule has 5 atom stereocenters. The fourth-order valence-corrected chi connectivity index (χ4v) is 9.36. The summed E-state index contributed by atoms with van der Waals surface area (Å²) in [5.41, 5.74) is -9.49. The van der Waals surface area contributed by atoms with E-state index in [1.807, 2.05) is 11.6 Å². The number of halogens is 6. The van der Waals surface area contributed by atoms with Crippen molar-refractivity contribution >= 4 is 56.7 Å². The summed E-state index contributed by atoms with van der Waals surface area (Å²) in [6.45, 7) is 10.8. The average molecular weight is 1120 g/mol. The van der Waals surface area contributed by atoms with Crippen LogP contribution in [0.25, 0.3) is 10.8 Å². The van der Waals surface area contributed by atoms with E-state index >= 15 is 0 Å². The Labute approximate surface area is 439 Å². The Morgan fingerprint density at radius 1 is 0.883 bits per heavy atom. The van der Waals surface area contributed by atoms with Crippen LogP contribution < -0.4 is 29.6 Å². The molecule has 77 heavy (non-hydrogen) atoms. The molecule has 426 valence electrons. The maximum absolute atomic E-state index is 14.5. The van der Waals surface area contributed by atoms with Crippen molar-refractivity contribution in [1.82, 2.24) is 25.2 Å². The minimum Gasteiger partial charge on any atom is -0.497 e. The number of hydrogen-bond donors (Lipinski definition) is 3. The molecule has 3 aliphatic rings. The van der Waals surface area contributed by atoms with E-state index in [4.69, 9.17) is 18.4 Å². The van der Waals surface area contributed by atoms with Gasteiger partial charge in [0, 0.05) is 30.1 Å². The maximum atomic E-state index is 14.5. The van der Waals surface area contributed by atoms with Crippen LogP contribution in [0, 0.1) is 21.4 Å². The Morgan fingerprint density at radius 2 is 1.48 bits per heavy atom. The zero-order chi connectivity index (χ0) is 57.9. The van der Waals surface area contributed by atoms with Gasteiger partial charge in [-0.2, -0.15) is 34.8 Å². The summed E-state index contributed by atoms with van der Waals surface area (Å²) >= 11 is 0. The van der Waals surface area contributed by atoms with Crippen LogP contribution >= 0.6 is 0 Å². The second kappa shape index (κ2) is 22.7. The number of pyridine rings is 1. The number of rotatable bonds is 18. The first-order chi connectivity index (χ1) is 35.4. The standard InChI is InChI=1S/C38H52F3N5O10S.C11H10F3NO5/c1-9-14-36(15-16-36)56-57(51,52)45-32(49)37(20-23(37)10-2)44-29(47)27-19-25(54-30-26-12-11-24(53-8)18-22(26)13-17-42-30)21-46(27)31(48)28(34(3,4)5)43-33(50)55-35(6,7)38(39,40)41;1-10(2,11(12,13)14)20-9(16)19-8-5-3-7(4-6-8)15(17)18/h11-13,17-18,23,25,27-28H,9-10,14-16,19-21H2,1-8H3,(H,43,50)(H,44,47)(H,45,49);3-6H,1-2H3/t23-,25-,27+,28-,37-;/m1./s1. The number of carbonyl (C=O) groups is 5. The topological polar surface area (TPSA) is 270 Å². The van der Waals surface area contributed by atoms with E-state index in [1.54, 1.807) is 52.0 Å². The number of nitrogens with one attached hydrogen (secondary N) is 3. The van der Waals surface area contributed by atoms with Crippen LogP contribution in [0.1, 0.15) is 107 Å². The van der Waals surface area contributed by atoms with Crippen LogP contribution in [0.4, 0.5) is 41.6 Å². The van der Waals surface area contributed by atoms with Crippen molar-refractivity contribution in [2.75, 3.05) is 13.7 Å². The van der Waals surface area contributed by atoms with Crippen molar-refractivity contribution in [1.29, 1.82) is 0 Å². The fourth-order valence-electron chi connectivity index (χ4n) is 8.19. The third kappa shape index (κ3) is 15.1. The molecule has 0 bridgehead atoms. The number of alkyl carbamates (subject to hydrolysis) is 1. The van der Waals surface area contributed by atoms with Crippen LogP contribution in [0.5, 0.6) is 17.4 Å². The number of benzene rings is 2. The minimum absolute atomic E-state index is 0.105. The van der Waals surface area contributed by atoms with Crippen LogP contribution in [-0.4, -0.2) is 120 Å². The lowest BCUT2D eigenvalue weighted by molar-refractivity contribution is -0.384. The first-order valence-electron chi connectivity index (χ1n) is 24.2. The number of non-ortho nitro benzene ring substituents is 1. The third-order valence-electron chi connectivity index (χ3n) is 13.1. The Bertz CT molecular complexity index is 2800. The number of methoxy groups -OCH3 is 1. The summed E-state index contributed by atoms with van der Waals surface area (Å²) in [4.78, 5) is 81.9. The van der Waals surface area contributed by atoms with Gasteiger partial charge in [-0.25, -0.2) is 23.5 Å². The Kier molecular flexibility index (Phi) is 18.0. The molecule has 4 amide bonds. The van der Waals surface area contributed by atoms with Crippen molar-refractivity contribution in [3.05, 3.63) is 64.8 Å².